The highest BCUT2D eigenvalue weighted by molar-refractivity contribution is 6.09. The maximum atomic E-state index is 12.4. The minimum absolute atomic E-state index is 0.0515. The molecule has 28 heavy (non-hydrogen) atoms. The predicted octanol–water partition coefficient (Wildman–Crippen LogP) is 3.73. The molecular formula is C22H20N2O4. The summed E-state index contributed by atoms with van der Waals surface area (Å²) >= 11 is 0. The Morgan fingerprint density at radius 2 is 1.96 bits per heavy atom. The van der Waals surface area contributed by atoms with E-state index in [-0.39, 0.29) is 5.57 Å². The number of nitriles is 1. The molecule has 0 saturated heterocycles. The van der Waals surface area contributed by atoms with Crippen molar-refractivity contribution in [3.8, 4) is 11.8 Å². The summed E-state index contributed by atoms with van der Waals surface area (Å²) in [6.07, 6.45) is 3.58. The van der Waals surface area contributed by atoms with Gasteiger partial charge in [0.25, 0.3) is 5.91 Å². The fraction of sp³-hybridized carbons (Fsp3) is 0.136. The molecule has 142 valence electrons. The Bertz CT molecular complexity index is 953. The van der Waals surface area contributed by atoms with Gasteiger partial charge in [-0.2, -0.15) is 5.26 Å². The maximum absolute atomic E-state index is 12.4. The van der Waals surface area contributed by atoms with Gasteiger partial charge in [0.05, 0.1) is 0 Å². The first-order valence-electron chi connectivity index (χ1n) is 8.51. The van der Waals surface area contributed by atoms with Crippen molar-refractivity contribution in [3.63, 3.8) is 0 Å². The highest BCUT2D eigenvalue weighted by Gasteiger charge is 2.11. The van der Waals surface area contributed by atoms with E-state index in [0.29, 0.717) is 29.0 Å². The zero-order valence-electron chi connectivity index (χ0n) is 15.4. The molecule has 0 radical (unpaired) electrons. The number of carboxylic acids is 1. The first kappa shape index (κ1) is 20.5. The summed E-state index contributed by atoms with van der Waals surface area (Å²) in [5, 5.41) is 20.8. The third-order valence-corrected chi connectivity index (χ3v) is 3.79. The van der Waals surface area contributed by atoms with Crippen molar-refractivity contribution in [3.05, 3.63) is 77.4 Å². The van der Waals surface area contributed by atoms with Crippen molar-refractivity contribution >= 4 is 23.6 Å². The Morgan fingerprint density at radius 1 is 1.25 bits per heavy atom. The van der Waals surface area contributed by atoms with Crippen LogP contribution in [0.25, 0.3) is 6.08 Å². The Labute approximate surface area is 163 Å². The van der Waals surface area contributed by atoms with Gasteiger partial charge in [-0.25, -0.2) is 4.79 Å². The molecule has 0 unspecified atom stereocenters. The number of aryl methyl sites for hydroxylation is 1. The Kier molecular flexibility index (Phi) is 7.12. The Morgan fingerprint density at radius 3 is 2.57 bits per heavy atom. The Hall–Kier alpha value is -3.85. The van der Waals surface area contributed by atoms with E-state index >= 15 is 0 Å². The second-order valence-corrected chi connectivity index (χ2v) is 6.03. The molecule has 0 aromatic heterocycles. The molecule has 0 spiro atoms. The number of amides is 1. The van der Waals surface area contributed by atoms with E-state index in [2.05, 4.69) is 11.9 Å². The lowest BCUT2D eigenvalue weighted by atomic mass is 10.0. The molecule has 6 heteroatoms. The van der Waals surface area contributed by atoms with Gasteiger partial charge in [-0.3, -0.25) is 4.79 Å². The number of rotatable bonds is 8. The van der Waals surface area contributed by atoms with Crippen molar-refractivity contribution in [2.45, 2.75) is 13.3 Å². The number of nitrogens with one attached hydrogen (secondary N) is 1. The average Bonchev–Trinajstić information content (AvgIpc) is 2.67. The van der Waals surface area contributed by atoms with Crippen LogP contribution in [0.2, 0.25) is 0 Å². The normalized spacial score (nSPS) is 10.6. The molecule has 2 aromatic rings. The van der Waals surface area contributed by atoms with E-state index in [1.54, 1.807) is 36.4 Å². The smallest absolute Gasteiger partial charge is 0.341 e. The topological polar surface area (TPSA) is 99.4 Å². The molecule has 0 heterocycles. The van der Waals surface area contributed by atoms with Gasteiger partial charge in [0, 0.05) is 5.69 Å². The molecule has 2 rings (SSSR count). The fourth-order valence-corrected chi connectivity index (χ4v) is 2.44. The van der Waals surface area contributed by atoms with Crippen LogP contribution in [0.4, 0.5) is 5.69 Å². The maximum Gasteiger partial charge on any atom is 0.341 e. The van der Waals surface area contributed by atoms with Crippen molar-refractivity contribution in [1.82, 2.24) is 0 Å². The third kappa shape index (κ3) is 5.85. The summed E-state index contributed by atoms with van der Waals surface area (Å²) in [6, 6.07) is 14.2. The molecule has 0 aliphatic carbocycles. The van der Waals surface area contributed by atoms with Crippen molar-refractivity contribution in [2.75, 3.05) is 11.9 Å². The molecule has 0 aliphatic heterocycles. The zero-order valence-corrected chi connectivity index (χ0v) is 15.4. The molecule has 2 aromatic carbocycles. The minimum atomic E-state index is -1.08. The second kappa shape index (κ2) is 9.74. The molecule has 2 N–H and O–H groups in total. The molecule has 6 nitrogen and oxygen atoms in total. The fourth-order valence-electron chi connectivity index (χ4n) is 2.44. The summed E-state index contributed by atoms with van der Waals surface area (Å²) in [5.74, 6) is -1.17. The van der Waals surface area contributed by atoms with Crippen molar-refractivity contribution in [1.29, 1.82) is 5.26 Å². The Balaban J connectivity index is 2.24. The summed E-state index contributed by atoms with van der Waals surface area (Å²) in [4.78, 5) is 23.1. The van der Waals surface area contributed by atoms with Gasteiger partial charge in [-0.1, -0.05) is 29.8 Å². The number of anilines is 1. The quantitative estimate of drug-likeness (QED) is 0.415. The van der Waals surface area contributed by atoms with Gasteiger partial charge in [0.1, 0.15) is 17.4 Å². The monoisotopic (exact) mass is 376 g/mol. The lowest BCUT2D eigenvalue weighted by Crippen LogP contribution is -2.13. The number of ether oxygens (including phenoxy) is 1. The van der Waals surface area contributed by atoms with Crippen LogP contribution in [-0.4, -0.2) is 23.6 Å². The predicted molar refractivity (Wildman–Crippen MR) is 107 cm³/mol. The number of carbonyl (C=O) groups is 2. The number of hydrogen-bond donors (Lipinski definition) is 2. The highest BCUT2D eigenvalue weighted by Crippen LogP contribution is 2.23. The lowest BCUT2D eigenvalue weighted by molar-refractivity contribution is -0.139. The molecule has 0 saturated carbocycles. The number of benzene rings is 2. The number of aliphatic carboxylic acids is 1. The molecule has 1 amide bonds. The van der Waals surface area contributed by atoms with Gasteiger partial charge in [0.15, 0.2) is 6.61 Å². The van der Waals surface area contributed by atoms with Crippen LogP contribution in [0.1, 0.15) is 16.7 Å². The van der Waals surface area contributed by atoms with Crippen LogP contribution in [-0.2, 0) is 16.0 Å². The van der Waals surface area contributed by atoms with Crippen LogP contribution in [0.3, 0.4) is 0 Å². The largest absolute Gasteiger partial charge is 0.482 e. The lowest BCUT2D eigenvalue weighted by Gasteiger charge is -2.10. The summed E-state index contributed by atoms with van der Waals surface area (Å²) in [5.41, 5.74) is 2.94. The molecule has 0 bridgehead atoms. The highest BCUT2D eigenvalue weighted by atomic mass is 16.5. The first-order valence-corrected chi connectivity index (χ1v) is 8.51. The number of hydrogen-bond acceptors (Lipinski definition) is 4. The summed E-state index contributed by atoms with van der Waals surface area (Å²) in [7, 11) is 0. The number of carbonyl (C=O) groups excluding carboxylic acids is 1. The van der Waals surface area contributed by atoms with Crippen LogP contribution < -0.4 is 10.1 Å². The van der Waals surface area contributed by atoms with E-state index in [9.17, 15) is 14.9 Å². The van der Waals surface area contributed by atoms with Crippen LogP contribution in [0.5, 0.6) is 5.75 Å². The second-order valence-electron chi connectivity index (χ2n) is 6.03. The van der Waals surface area contributed by atoms with Crippen LogP contribution in [0, 0.1) is 18.3 Å². The number of allylic oxidation sites excluding steroid dienone is 1. The molecule has 0 fully saturated rings. The zero-order chi connectivity index (χ0) is 20.5. The minimum Gasteiger partial charge on any atom is -0.482 e. The van der Waals surface area contributed by atoms with Crippen LogP contribution >= 0.6 is 0 Å². The summed E-state index contributed by atoms with van der Waals surface area (Å²) in [6.45, 7) is 5.16. The molecule has 0 atom stereocenters. The molecular weight excluding hydrogens is 356 g/mol. The standard InChI is InChI=1S/C22H20N2O4/c1-3-4-17-11-16(7-10-20(17)28-14-21(25)26)12-18(13-23)22(27)24-19-8-5-15(2)6-9-19/h3,5-12H,1,4,14H2,2H3,(H,24,27)(H,25,26)/b18-12-. The van der Waals surface area contributed by atoms with Gasteiger partial charge in [0.2, 0.25) is 0 Å². The van der Waals surface area contributed by atoms with E-state index in [1.807, 2.05) is 25.1 Å². The van der Waals surface area contributed by atoms with Gasteiger partial charge in [-0.05, 0) is 54.8 Å². The van der Waals surface area contributed by atoms with E-state index in [4.69, 9.17) is 9.84 Å². The van der Waals surface area contributed by atoms with Crippen molar-refractivity contribution < 1.29 is 19.4 Å². The SMILES string of the molecule is C=CCc1cc(/C=C(/C#N)C(=O)Nc2ccc(C)cc2)ccc1OCC(=O)O. The van der Waals surface area contributed by atoms with E-state index in [0.717, 1.165) is 5.56 Å². The van der Waals surface area contributed by atoms with Gasteiger partial charge < -0.3 is 15.2 Å². The van der Waals surface area contributed by atoms with Crippen LogP contribution in [0.15, 0.2) is 60.7 Å². The number of nitrogens with zero attached hydrogens (tertiary/aromatic N) is 1. The van der Waals surface area contributed by atoms with Crippen molar-refractivity contribution in [2.24, 2.45) is 0 Å². The van der Waals surface area contributed by atoms with E-state index < -0.39 is 18.5 Å². The summed E-state index contributed by atoms with van der Waals surface area (Å²) < 4.78 is 5.26. The van der Waals surface area contributed by atoms with Gasteiger partial charge >= 0.3 is 5.97 Å². The molecule has 0 aliphatic rings. The first-order chi connectivity index (χ1) is 13.4. The average molecular weight is 376 g/mol. The van der Waals surface area contributed by atoms with Gasteiger partial charge in [-0.15, -0.1) is 6.58 Å². The van der Waals surface area contributed by atoms with E-state index in [1.165, 1.54) is 6.08 Å². The number of carboxylic acid groups (broad SMARTS) is 1. The third-order valence-electron chi connectivity index (χ3n) is 3.79.